The summed E-state index contributed by atoms with van der Waals surface area (Å²) in [6.07, 6.45) is 0. The minimum absolute atomic E-state index is 0.240. The van der Waals surface area contributed by atoms with Crippen LogP contribution in [0.1, 0.15) is 45.7 Å². The van der Waals surface area contributed by atoms with Crippen molar-refractivity contribution in [2.24, 2.45) is 0 Å². The number of ether oxygens (including phenoxy) is 2. The number of hydrogen-bond acceptors (Lipinski definition) is 4. The Kier molecular flexibility index (Phi) is 8.92. The largest absolute Gasteiger partial charge is 0.462 e. The van der Waals surface area contributed by atoms with Crippen molar-refractivity contribution < 1.29 is 19.1 Å². The monoisotopic (exact) mass is 406 g/mol. The van der Waals surface area contributed by atoms with E-state index in [1.807, 2.05) is 44.2 Å². The summed E-state index contributed by atoms with van der Waals surface area (Å²) < 4.78 is 10.7. The first-order valence-corrected chi connectivity index (χ1v) is 8.86. The summed E-state index contributed by atoms with van der Waals surface area (Å²) in [6, 6.07) is 12.9. The molecule has 5 heteroatoms. The molecule has 0 heterocycles. The van der Waals surface area contributed by atoms with E-state index in [1.165, 1.54) is 0 Å². The fraction of sp³-hybridized carbons (Fsp3) is 0.300. The Morgan fingerprint density at radius 3 is 1.92 bits per heavy atom. The lowest BCUT2D eigenvalue weighted by atomic mass is 10.1. The Morgan fingerprint density at radius 2 is 1.36 bits per heavy atom. The summed E-state index contributed by atoms with van der Waals surface area (Å²) in [6.45, 7) is 8.21. The number of aryl methyl sites for hydroxylation is 1. The van der Waals surface area contributed by atoms with Gasteiger partial charge in [-0.05, 0) is 57.0 Å². The van der Waals surface area contributed by atoms with Gasteiger partial charge >= 0.3 is 11.9 Å². The van der Waals surface area contributed by atoms with Gasteiger partial charge in [0, 0.05) is 4.47 Å². The van der Waals surface area contributed by atoms with Crippen LogP contribution >= 0.6 is 15.9 Å². The molecule has 25 heavy (non-hydrogen) atoms. The van der Waals surface area contributed by atoms with Crippen molar-refractivity contribution in [2.45, 2.75) is 27.7 Å². The normalized spacial score (nSPS) is 9.64. The maximum atomic E-state index is 11.4. The Morgan fingerprint density at radius 1 is 0.840 bits per heavy atom. The number of benzene rings is 2. The molecule has 2 aromatic rings. The fourth-order valence-corrected chi connectivity index (χ4v) is 2.41. The molecule has 134 valence electrons. The zero-order valence-electron chi connectivity index (χ0n) is 15.0. The maximum absolute atomic E-state index is 11.4. The third-order valence-corrected chi connectivity index (χ3v) is 4.26. The molecule has 0 bridgehead atoms. The molecule has 0 aliphatic rings. The third kappa shape index (κ3) is 6.35. The average Bonchev–Trinajstić information content (AvgIpc) is 2.58. The number of rotatable bonds is 4. The van der Waals surface area contributed by atoms with Crippen molar-refractivity contribution in [1.82, 2.24) is 0 Å². The minimum atomic E-state index is -0.263. The van der Waals surface area contributed by atoms with Crippen LogP contribution in [-0.2, 0) is 9.47 Å². The SMILES string of the molecule is CCOC(=O)c1cccc(Br)c1C.CCOC(=O)c1ccccc1C. The van der Waals surface area contributed by atoms with Gasteiger partial charge in [0.05, 0.1) is 24.3 Å². The number of carbonyl (C=O) groups excluding carboxylic acids is 2. The highest BCUT2D eigenvalue weighted by Crippen LogP contribution is 2.19. The predicted molar refractivity (Wildman–Crippen MR) is 102 cm³/mol. The summed E-state index contributed by atoms with van der Waals surface area (Å²) in [4.78, 5) is 22.6. The first-order valence-electron chi connectivity index (χ1n) is 8.07. The second-order valence-corrected chi connectivity index (χ2v) is 6.02. The van der Waals surface area contributed by atoms with Crippen LogP contribution in [0.5, 0.6) is 0 Å². The summed E-state index contributed by atoms with van der Waals surface area (Å²) in [7, 11) is 0. The molecular weight excluding hydrogens is 384 g/mol. The molecule has 2 aromatic carbocycles. The van der Waals surface area contributed by atoms with Crippen LogP contribution in [0.15, 0.2) is 46.9 Å². The van der Waals surface area contributed by atoms with E-state index in [-0.39, 0.29) is 11.9 Å². The number of halogens is 1. The van der Waals surface area contributed by atoms with Gasteiger partial charge in [0.1, 0.15) is 0 Å². The number of hydrogen-bond donors (Lipinski definition) is 0. The van der Waals surface area contributed by atoms with Crippen molar-refractivity contribution in [3.05, 3.63) is 69.2 Å². The van der Waals surface area contributed by atoms with Crippen LogP contribution in [0, 0.1) is 13.8 Å². The molecule has 4 nitrogen and oxygen atoms in total. The molecule has 2 rings (SSSR count). The van der Waals surface area contributed by atoms with Gasteiger partial charge in [0.15, 0.2) is 0 Å². The van der Waals surface area contributed by atoms with Crippen LogP contribution in [0.3, 0.4) is 0 Å². The molecule has 0 saturated carbocycles. The molecule has 0 N–H and O–H groups in total. The minimum Gasteiger partial charge on any atom is -0.462 e. The zero-order chi connectivity index (χ0) is 18.8. The first-order chi connectivity index (χ1) is 11.9. The van der Waals surface area contributed by atoms with E-state index < -0.39 is 0 Å². The lowest BCUT2D eigenvalue weighted by Gasteiger charge is -2.05. The van der Waals surface area contributed by atoms with E-state index in [4.69, 9.17) is 9.47 Å². The Hall–Kier alpha value is -2.14. The Balaban J connectivity index is 0.000000251. The van der Waals surface area contributed by atoms with Gasteiger partial charge in [-0.2, -0.15) is 0 Å². The van der Waals surface area contributed by atoms with Gasteiger partial charge in [0.25, 0.3) is 0 Å². The van der Waals surface area contributed by atoms with E-state index in [1.54, 1.807) is 26.0 Å². The van der Waals surface area contributed by atoms with E-state index in [0.717, 1.165) is 15.6 Å². The Labute approximate surface area is 157 Å². The first kappa shape index (κ1) is 20.9. The molecule has 0 saturated heterocycles. The zero-order valence-corrected chi connectivity index (χ0v) is 16.6. The van der Waals surface area contributed by atoms with Crippen LogP contribution in [0.4, 0.5) is 0 Å². The van der Waals surface area contributed by atoms with Gasteiger partial charge in [0.2, 0.25) is 0 Å². The van der Waals surface area contributed by atoms with Crippen LogP contribution in [0.25, 0.3) is 0 Å². The lowest BCUT2D eigenvalue weighted by molar-refractivity contribution is 0.0515. The summed E-state index contributed by atoms with van der Waals surface area (Å²) in [5, 5.41) is 0. The summed E-state index contributed by atoms with van der Waals surface area (Å²) in [5.74, 6) is -0.503. The number of carbonyl (C=O) groups is 2. The summed E-state index contributed by atoms with van der Waals surface area (Å²) in [5.41, 5.74) is 3.15. The molecule has 0 atom stereocenters. The van der Waals surface area contributed by atoms with Crippen molar-refractivity contribution in [2.75, 3.05) is 13.2 Å². The Bertz CT molecular complexity index is 725. The van der Waals surface area contributed by atoms with E-state index >= 15 is 0 Å². The van der Waals surface area contributed by atoms with Gasteiger partial charge in [-0.15, -0.1) is 0 Å². The van der Waals surface area contributed by atoms with Crippen LogP contribution < -0.4 is 0 Å². The third-order valence-electron chi connectivity index (χ3n) is 3.40. The quantitative estimate of drug-likeness (QED) is 0.662. The lowest BCUT2D eigenvalue weighted by Crippen LogP contribution is -2.06. The van der Waals surface area contributed by atoms with Gasteiger partial charge < -0.3 is 9.47 Å². The average molecular weight is 407 g/mol. The second-order valence-electron chi connectivity index (χ2n) is 5.17. The smallest absolute Gasteiger partial charge is 0.338 e. The molecule has 0 fully saturated rings. The standard InChI is InChI=1S/C10H11BrO2.C10H12O2/c1-3-13-10(12)8-5-4-6-9(11)7(8)2;1-3-12-10(11)9-7-5-4-6-8(9)2/h4-6H,3H2,1-2H3;4-7H,3H2,1-2H3. The predicted octanol–water partition coefficient (Wildman–Crippen LogP) is 5.11. The van der Waals surface area contributed by atoms with Gasteiger partial charge in [-0.3, -0.25) is 0 Å². The van der Waals surface area contributed by atoms with Crippen molar-refractivity contribution in [1.29, 1.82) is 0 Å². The molecule has 0 aliphatic carbocycles. The highest BCUT2D eigenvalue weighted by Gasteiger charge is 2.10. The highest BCUT2D eigenvalue weighted by molar-refractivity contribution is 9.10. The highest BCUT2D eigenvalue weighted by atomic mass is 79.9. The van der Waals surface area contributed by atoms with E-state index in [9.17, 15) is 9.59 Å². The molecule has 0 aliphatic heterocycles. The molecule has 0 radical (unpaired) electrons. The topological polar surface area (TPSA) is 52.6 Å². The molecule has 0 amide bonds. The van der Waals surface area contributed by atoms with Crippen molar-refractivity contribution in [3.63, 3.8) is 0 Å². The molecule has 0 unspecified atom stereocenters. The van der Waals surface area contributed by atoms with E-state index in [0.29, 0.717) is 24.3 Å². The molecular formula is C20H23BrO4. The molecule has 0 spiro atoms. The second kappa shape index (κ2) is 10.7. The van der Waals surface area contributed by atoms with Gasteiger partial charge in [-0.1, -0.05) is 40.2 Å². The van der Waals surface area contributed by atoms with Crippen LogP contribution in [-0.4, -0.2) is 25.2 Å². The van der Waals surface area contributed by atoms with Gasteiger partial charge in [-0.25, -0.2) is 9.59 Å². The van der Waals surface area contributed by atoms with Crippen molar-refractivity contribution >= 4 is 27.9 Å². The summed E-state index contributed by atoms with van der Waals surface area (Å²) >= 11 is 3.36. The number of esters is 2. The molecule has 0 aromatic heterocycles. The fourth-order valence-electron chi connectivity index (χ4n) is 2.05. The van der Waals surface area contributed by atoms with Crippen molar-refractivity contribution in [3.8, 4) is 0 Å². The van der Waals surface area contributed by atoms with Crippen LogP contribution in [0.2, 0.25) is 0 Å². The van der Waals surface area contributed by atoms with E-state index in [2.05, 4.69) is 15.9 Å². The maximum Gasteiger partial charge on any atom is 0.338 e.